The van der Waals surface area contributed by atoms with E-state index < -0.39 is 5.91 Å². The molecular weight excluding hydrogens is 474 g/mol. The molecule has 174 valence electrons. The van der Waals surface area contributed by atoms with Crippen molar-refractivity contribution in [3.63, 3.8) is 0 Å². The van der Waals surface area contributed by atoms with Gasteiger partial charge in [0, 0.05) is 5.56 Å². The van der Waals surface area contributed by atoms with E-state index >= 15 is 0 Å². The van der Waals surface area contributed by atoms with Gasteiger partial charge < -0.3 is 19.2 Å². The maximum Gasteiger partial charge on any atom is 0.264 e. The molecule has 0 radical (unpaired) electrons. The SMILES string of the molecule is CCc1ccc2oc(-c3ccc(Cl)c(NC(=S)NC(=O)c4c(OC)cccc4OC)c3)nc2c1. The maximum atomic E-state index is 12.9. The standard InChI is InChI=1S/C25H22ClN3O4S/c1-4-14-8-11-19-18(12-14)27-24(33-19)15-9-10-16(26)17(13-15)28-25(34)29-23(30)22-20(31-2)6-5-7-21(22)32-3/h5-13H,4H2,1-3H3,(H2,28,29,30,34). The van der Waals surface area contributed by atoms with Crippen molar-refractivity contribution in [2.45, 2.75) is 13.3 Å². The highest BCUT2D eigenvalue weighted by atomic mass is 35.5. The van der Waals surface area contributed by atoms with Crippen LogP contribution < -0.4 is 20.1 Å². The van der Waals surface area contributed by atoms with Crippen LogP contribution >= 0.6 is 23.8 Å². The minimum absolute atomic E-state index is 0.0576. The van der Waals surface area contributed by atoms with Crippen LogP contribution in [0, 0.1) is 0 Å². The Morgan fingerprint density at radius 2 is 1.82 bits per heavy atom. The van der Waals surface area contributed by atoms with E-state index in [9.17, 15) is 4.79 Å². The number of nitrogens with zero attached hydrogens (tertiary/aromatic N) is 1. The molecule has 9 heteroatoms. The Morgan fingerprint density at radius 1 is 1.09 bits per heavy atom. The number of hydrogen-bond acceptors (Lipinski definition) is 6. The Kier molecular flexibility index (Phi) is 7.00. The average Bonchev–Trinajstić information content (AvgIpc) is 3.27. The van der Waals surface area contributed by atoms with Crippen LogP contribution in [0.5, 0.6) is 11.5 Å². The van der Waals surface area contributed by atoms with Gasteiger partial charge in [0.25, 0.3) is 5.91 Å². The summed E-state index contributed by atoms with van der Waals surface area (Å²) in [5.41, 5.74) is 4.10. The number of oxazole rings is 1. The fourth-order valence-corrected chi connectivity index (χ4v) is 3.83. The summed E-state index contributed by atoms with van der Waals surface area (Å²) in [6, 6.07) is 16.3. The molecule has 3 aromatic carbocycles. The first-order valence-electron chi connectivity index (χ1n) is 10.5. The van der Waals surface area contributed by atoms with Crippen LogP contribution in [0.1, 0.15) is 22.8 Å². The normalized spacial score (nSPS) is 10.7. The second-order valence-corrected chi connectivity index (χ2v) is 8.13. The fourth-order valence-electron chi connectivity index (χ4n) is 3.46. The van der Waals surface area contributed by atoms with Gasteiger partial charge in [0.15, 0.2) is 10.7 Å². The van der Waals surface area contributed by atoms with E-state index in [-0.39, 0.29) is 10.7 Å². The number of hydrogen-bond donors (Lipinski definition) is 2. The number of carbonyl (C=O) groups excluding carboxylic acids is 1. The number of anilines is 1. The molecule has 7 nitrogen and oxygen atoms in total. The Labute approximate surface area is 207 Å². The molecule has 1 amide bonds. The van der Waals surface area contributed by atoms with E-state index in [2.05, 4.69) is 22.5 Å². The van der Waals surface area contributed by atoms with Crippen LogP contribution in [0.2, 0.25) is 5.02 Å². The second kappa shape index (κ2) is 10.1. The first-order valence-corrected chi connectivity index (χ1v) is 11.2. The van der Waals surface area contributed by atoms with E-state index in [0.717, 1.165) is 11.9 Å². The van der Waals surface area contributed by atoms with Crippen LogP contribution in [0.3, 0.4) is 0 Å². The van der Waals surface area contributed by atoms with Crippen molar-refractivity contribution in [3.8, 4) is 23.0 Å². The number of ether oxygens (including phenoxy) is 2. The van der Waals surface area contributed by atoms with E-state index in [0.29, 0.717) is 39.2 Å². The summed E-state index contributed by atoms with van der Waals surface area (Å²) in [5.74, 6) is 0.699. The average molecular weight is 496 g/mol. The molecule has 0 saturated carbocycles. The molecular formula is C25H22ClN3O4S. The Morgan fingerprint density at radius 3 is 2.50 bits per heavy atom. The third-order valence-electron chi connectivity index (χ3n) is 5.20. The quantitative estimate of drug-likeness (QED) is 0.324. The lowest BCUT2D eigenvalue weighted by Crippen LogP contribution is -2.34. The number of rotatable bonds is 6. The van der Waals surface area contributed by atoms with Crippen molar-refractivity contribution in [3.05, 3.63) is 70.7 Å². The summed E-state index contributed by atoms with van der Waals surface area (Å²) in [6.45, 7) is 2.09. The van der Waals surface area contributed by atoms with Crippen molar-refractivity contribution in [2.24, 2.45) is 0 Å². The van der Waals surface area contributed by atoms with Crippen LogP contribution in [0.25, 0.3) is 22.6 Å². The van der Waals surface area contributed by atoms with Gasteiger partial charge >= 0.3 is 0 Å². The zero-order valence-electron chi connectivity index (χ0n) is 18.8. The van der Waals surface area contributed by atoms with E-state index in [1.54, 1.807) is 36.4 Å². The van der Waals surface area contributed by atoms with Gasteiger partial charge in [-0.1, -0.05) is 30.7 Å². The van der Waals surface area contributed by atoms with Crippen molar-refractivity contribution >= 4 is 51.6 Å². The molecule has 0 atom stereocenters. The van der Waals surface area contributed by atoms with Crippen LogP contribution in [-0.4, -0.2) is 30.2 Å². The number of thiocarbonyl (C=S) groups is 1. The van der Waals surface area contributed by atoms with Gasteiger partial charge in [0.2, 0.25) is 5.89 Å². The number of aromatic nitrogens is 1. The van der Waals surface area contributed by atoms with Crippen molar-refractivity contribution < 1.29 is 18.7 Å². The van der Waals surface area contributed by atoms with E-state index in [1.165, 1.54) is 19.8 Å². The molecule has 0 bridgehead atoms. The predicted octanol–water partition coefficient (Wildman–Crippen LogP) is 5.85. The van der Waals surface area contributed by atoms with E-state index in [1.807, 2.05) is 18.2 Å². The highest BCUT2D eigenvalue weighted by Gasteiger charge is 2.20. The lowest BCUT2D eigenvalue weighted by atomic mass is 10.1. The molecule has 0 unspecified atom stereocenters. The number of benzene rings is 3. The lowest BCUT2D eigenvalue weighted by molar-refractivity contribution is 0.0971. The number of amides is 1. The summed E-state index contributed by atoms with van der Waals surface area (Å²) in [5, 5.41) is 6.08. The summed E-state index contributed by atoms with van der Waals surface area (Å²) in [6.07, 6.45) is 0.914. The van der Waals surface area contributed by atoms with Crippen molar-refractivity contribution in [1.82, 2.24) is 10.3 Å². The van der Waals surface area contributed by atoms with Gasteiger partial charge in [-0.15, -0.1) is 0 Å². The molecule has 4 rings (SSSR count). The Balaban J connectivity index is 1.55. The third kappa shape index (κ3) is 4.83. The van der Waals surface area contributed by atoms with Crippen LogP contribution in [0.15, 0.2) is 59.0 Å². The number of nitrogens with one attached hydrogen (secondary N) is 2. The van der Waals surface area contributed by atoms with Crippen molar-refractivity contribution in [2.75, 3.05) is 19.5 Å². The summed E-state index contributed by atoms with van der Waals surface area (Å²) in [4.78, 5) is 17.5. The molecule has 4 aromatic rings. The number of aryl methyl sites for hydroxylation is 1. The number of fused-ring (bicyclic) bond motifs is 1. The largest absolute Gasteiger partial charge is 0.496 e. The summed E-state index contributed by atoms with van der Waals surface area (Å²) >= 11 is 11.7. The molecule has 1 heterocycles. The van der Waals surface area contributed by atoms with Crippen molar-refractivity contribution in [1.29, 1.82) is 0 Å². The highest BCUT2D eigenvalue weighted by Crippen LogP contribution is 2.31. The summed E-state index contributed by atoms with van der Waals surface area (Å²) in [7, 11) is 2.95. The summed E-state index contributed by atoms with van der Waals surface area (Å²) < 4.78 is 16.5. The molecule has 34 heavy (non-hydrogen) atoms. The zero-order chi connectivity index (χ0) is 24.2. The minimum atomic E-state index is -0.482. The first-order chi connectivity index (χ1) is 16.4. The molecule has 0 spiro atoms. The van der Waals surface area contributed by atoms with Gasteiger partial charge in [0.1, 0.15) is 22.6 Å². The van der Waals surface area contributed by atoms with E-state index in [4.69, 9.17) is 37.7 Å². The number of methoxy groups -OCH3 is 2. The van der Waals surface area contributed by atoms with Crippen LogP contribution in [-0.2, 0) is 6.42 Å². The topological polar surface area (TPSA) is 85.6 Å². The second-order valence-electron chi connectivity index (χ2n) is 7.32. The Bertz CT molecular complexity index is 1360. The smallest absolute Gasteiger partial charge is 0.264 e. The zero-order valence-corrected chi connectivity index (χ0v) is 20.3. The Hall–Kier alpha value is -3.62. The molecule has 0 aliphatic rings. The first kappa shape index (κ1) is 23.5. The molecule has 2 N–H and O–H groups in total. The number of carbonyl (C=O) groups is 1. The minimum Gasteiger partial charge on any atom is -0.496 e. The third-order valence-corrected chi connectivity index (χ3v) is 5.74. The molecule has 0 aliphatic carbocycles. The highest BCUT2D eigenvalue weighted by molar-refractivity contribution is 7.80. The molecule has 1 aromatic heterocycles. The van der Waals surface area contributed by atoms with Gasteiger partial charge in [-0.05, 0) is 66.7 Å². The van der Waals surface area contributed by atoms with Gasteiger partial charge in [0.05, 0.1) is 24.9 Å². The predicted molar refractivity (Wildman–Crippen MR) is 137 cm³/mol. The molecule has 0 saturated heterocycles. The van der Waals surface area contributed by atoms with Crippen LogP contribution in [0.4, 0.5) is 5.69 Å². The van der Waals surface area contributed by atoms with Gasteiger partial charge in [-0.25, -0.2) is 4.98 Å². The van der Waals surface area contributed by atoms with Gasteiger partial charge in [-0.2, -0.15) is 0 Å². The lowest BCUT2D eigenvalue weighted by Gasteiger charge is -2.15. The number of halogens is 1. The maximum absolute atomic E-state index is 12.9. The molecule has 0 aliphatic heterocycles. The molecule has 0 fully saturated rings. The van der Waals surface area contributed by atoms with Gasteiger partial charge in [-0.3, -0.25) is 10.1 Å². The monoisotopic (exact) mass is 495 g/mol. The fraction of sp³-hybridized carbons (Fsp3) is 0.160.